The molecule has 0 aliphatic carbocycles. The van der Waals surface area contributed by atoms with E-state index in [2.05, 4.69) is 43.9 Å². The Kier molecular flexibility index (Phi) is 7.02. The second kappa shape index (κ2) is 9.51. The van der Waals surface area contributed by atoms with Crippen molar-refractivity contribution in [1.29, 1.82) is 0 Å². The largest absolute Gasteiger partial charge is 0.496 e. The van der Waals surface area contributed by atoms with Crippen LogP contribution >= 0.6 is 11.8 Å². The van der Waals surface area contributed by atoms with Crippen molar-refractivity contribution in [3.05, 3.63) is 34.9 Å². The number of benzene rings is 2. The lowest BCUT2D eigenvalue weighted by Gasteiger charge is -2.22. The summed E-state index contributed by atoms with van der Waals surface area (Å²) < 4.78 is 17.1. The summed E-state index contributed by atoms with van der Waals surface area (Å²) in [6, 6.07) is 6.09. The molecule has 1 N–H and O–H groups in total. The molecule has 0 amide bonds. The Bertz CT molecular complexity index is 987. The number of anilines is 1. The van der Waals surface area contributed by atoms with E-state index in [1.165, 1.54) is 16.8 Å². The minimum Gasteiger partial charge on any atom is -0.496 e. The van der Waals surface area contributed by atoms with Crippen molar-refractivity contribution in [2.45, 2.75) is 38.6 Å². The summed E-state index contributed by atoms with van der Waals surface area (Å²) in [5.74, 6) is 3.19. The fourth-order valence-corrected chi connectivity index (χ4v) is 4.61. The minimum atomic E-state index is 0.583. The van der Waals surface area contributed by atoms with Gasteiger partial charge >= 0.3 is 0 Å². The minimum absolute atomic E-state index is 0.583. The molecular weight excluding hydrogens is 398 g/mol. The quantitative estimate of drug-likeness (QED) is 0.463. The molecule has 0 spiro atoms. The molecule has 0 fully saturated rings. The van der Waals surface area contributed by atoms with E-state index in [-0.39, 0.29) is 0 Å². The van der Waals surface area contributed by atoms with E-state index in [1.54, 1.807) is 18.9 Å². The maximum absolute atomic E-state index is 5.73. The van der Waals surface area contributed by atoms with Crippen molar-refractivity contribution in [1.82, 2.24) is 9.97 Å². The zero-order chi connectivity index (χ0) is 21.8. The number of aryl methyl sites for hydroxylation is 1. The molecule has 30 heavy (non-hydrogen) atoms. The van der Waals surface area contributed by atoms with Crippen molar-refractivity contribution < 1.29 is 14.2 Å². The number of H-pyrrole nitrogens is 1. The van der Waals surface area contributed by atoms with Crippen LogP contribution in [0.2, 0.25) is 0 Å². The van der Waals surface area contributed by atoms with Gasteiger partial charge in [0.15, 0.2) is 16.7 Å². The third kappa shape index (κ3) is 4.46. The van der Waals surface area contributed by atoms with Crippen LogP contribution in [-0.2, 0) is 5.75 Å². The first-order chi connectivity index (χ1) is 14.4. The molecule has 0 atom stereocenters. The highest BCUT2D eigenvalue weighted by molar-refractivity contribution is 7.98. The molecule has 0 saturated heterocycles. The van der Waals surface area contributed by atoms with Gasteiger partial charge in [-0.15, -0.1) is 0 Å². The number of aromatic amines is 1. The Morgan fingerprint density at radius 3 is 2.30 bits per heavy atom. The van der Waals surface area contributed by atoms with Crippen molar-refractivity contribution in [3.63, 3.8) is 0 Å². The fourth-order valence-electron chi connectivity index (χ4n) is 3.62. The average molecular weight is 430 g/mol. The molecule has 0 saturated carbocycles. The predicted molar refractivity (Wildman–Crippen MR) is 125 cm³/mol. The van der Waals surface area contributed by atoms with E-state index >= 15 is 0 Å². The van der Waals surface area contributed by atoms with E-state index in [1.807, 2.05) is 26.0 Å². The number of nitrogens with one attached hydrogen (secondary N) is 1. The second-order valence-electron chi connectivity index (χ2n) is 7.26. The molecule has 0 bridgehead atoms. The molecule has 0 aliphatic heterocycles. The van der Waals surface area contributed by atoms with Crippen molar-refractivity contribution in [2.75, 3.05) is 39.3 Å². The monoisotopic (exact) mass is 429 g/mol. The van der Waals surface area contributed by atoms with Crippen LogP contribution in [-0.4, -0.2) is 44.4 Å². The van der Waals surface area contributed by atoms with E-state index in [4.69, 9.17) is 19.2 Å². The number of thioether (sulfide) groups is 1. The molecule has 3 rings (SSSR count). The number of hydrogen-bond acceptors (Lipinski definition) is 6. The van der Waals surface area contributed by atoms with Gasteiger partial charge in [0, 0.05) is 37.7 Å². The summed E-state index contributed by atoms with van der Waals surface area (Å²) >= 11 is 1.68. The van der Waals surface area contributed by atoms with Crippen molar-refractivity contribution in [3.8, 4) is 17.2 Å². The van der Waals surface area contributed by atoms with Crippen LogP contribution in [0.3, 0.4) is 0 Å². The first-order valence-electron chi connectivity index (χ1n) is 10.2. The van der Waals surface area contributed by atoms with Crippen LogP contribution in [0.15, 0.2) is 23.4 Å². The Hall–Kier alpha value is -2.54. The topological polar surface area (TPSA) is 59.6 Å². The first-order valence-corrected chi connectivity index (χ1v) is 11.1. The van der Waals surface area contributed by atoms with E-state index in [9.17, 15) is 0 Å². The summed E-state index contributed by atoms with van der Waals surface area (Å²) in [5, 5.41) is 0.866. The molecule has 0 radical (unpaired) electrons. The number of rotatable bonds is 9. The zero-order valence-electron chi connectivity index (χ0n) is 18.9. The Labute approximate surface area is 182 Å². The summed E-state index contributed by atoms with van der Waals surface area (Å²) in [6.07, 6.45) is 0. The van der Waals surface area contributed by atoms with Gasteiger partial charge in [-0.2, -0.15) is 0 Å². The lowest BCUT2D eigenvalue weighted by molar-refractivity contribution is 0.288. The molecule has 1 aromatic heterocycles. The Morgan fingerprint density at radius 1 is 1.03 bits per heavy atom. The van der Waals surface area contributed by atoms with Crippen molar-refractivity contribution in [2.24, 2.45) is 0 Å². The van der Waals surface area contributed by atoms with Crippen LogP contribution in [0, 0.1) is 13.8 Å². The van der Waals surface area contributed by atoms with Gasteiger partial charge in [0.25, 0.3) is 0 Å². The van der Waals surface area contributed by atoms with E-state index < -0.39 is 0 Å². The maximum Gasteiger partial charge on any atom is 0.166 e. The van der Waals surface area contributed by atoms with Gasteiger partial charge < -0.3 is 24.1 Å². The number of methoxy groups -OCH3 is 1. The summed E-state index contributed by atoms with van der Waals surface area (Å²) in [7, 11) is 5.87. The number of imidazole rings is 1. The van der Waals surface area contributed by atoms with Crippen LogP contribution in [0.5, 0.6) is 17.2 Å². The average Bonchev–Trinajstić information content (AvgIpc) is 3.09. The van der Waals surface area contributed by atoms with Crippen LogP contribution in [0.4, 0.5) is 5.69 Å². The highest BCUT2D eigenvalue weighted by Gasteiger charge is 2.17. The van der Waals surface area contributed by atoms with Gasteiger partial charge in [0.2, 0.25) is 0 Å². The van der Waals surface area contributed by atoms with Crippen LogP contribution < -0.4 is 19.1 Å². The lowest BCUT2D eigenvalue weighted by Crippen LogP contribution is -2.13. The summed E-state index contributed by atoms with van der Waals surface area (Å²) in [4.78, 5) is 10.3. The number of fused-ring (bicyclic) bond motifs is 1. The number of aromatic nitrogens is 2. The summed E-state index contributed by atoms with van der Waals surface area (Å²) in [5.41, 5.74) is 6.57. The predicted octanol–water partition coefficient (Wildman–Crippen LogP) is 5.34. The third-order valence-corrected chi connectivity index (χ3v) is 5.88. The molecule has 0 aliphatic rings. The van der Waals surface area contributed by atoms with Gasteiger partial charge in [-0.1, -0.05) is 11.8 Å². The Balaban J connectivity index is 1.92. The Morgan fingerprint density at radius 2 is 1.70 bits per heavy atom. The third-order valence-electron chi connectivity index (χ3n) is 4.98. The van der Waals surface area contributed by atoms with Crippen LogP contribution in [0.25, 0.3) is 11.0 Å². The highest BCUT2D eigenvalue weighted by atomic mass is 32.2. The SMILES string of the molecule is CCOc1cc2nc(SCc3c(N(C)C)cc(C)c(OC)c3C)[nH]c2cc1OCC. The zero-order valence-corrected chi connectivity index (χ0v) is 19.7. The number of hydrogen-bond donors (Lipinski definition) is 1. The maximum atomic E-state index is 5.73. The van der Waals surface area contributed by atoms with E-state index in [0.29, 0.717) is 13.2 Å². The molecule has 0 unspecified atom stereocenters. The molecule has 3 aromatic rings. The van der Waals surface area contributed by atoms with Gasteiger partial charge in [0.1, 0.15) is 5.75 Å². The number of nitrogens with zero attached hydrogens (tertiary/aromatic N) is 2. The normalized spacial score (nSPS) is 11.0. The molecule has 1 heterocycles. The smallest absolute Gasteiger partial charge is 0.166 e. The lowest BCUT2D eigenvalue weighted by atomic mass is 10.0. The molecule has 2 aromatic carbocycles. The fraction of sp³-hybridized carbons (Fsp3) is 0.435. The highest BCUT2D eigenvalue weighted by Crippen LogP contribution is 2.38. The van der Waals surface area contributed by atoms with Gasteiger partial charge in [0.05, 0.1) is 31.4 Å². The van der Waals surface area contributed by atoms with Gasteiger partial charge in [-0.05, 0) is 50.5 Å². The van der Waals surface area contributed by atoms with Crippen LogP contribution in [0.1, 0.15) is 30.5 Å². The van der Waals surface area contributed by atoms with Gasteiger partial charge in [-0.25, -0.2) is 4.98 Å². The van der Waals surface area contributed by atoms with Gasteiger partial charge in [-0.3, -0.25) is 0 Å². The first kappa shape index (κ1) is 22.2. The molecule has 162 valence electrons. The standard InChI is InChI=1S/C23H31N3O3S/c1-8-28-20-11-17-18(12-21(20)29-9-2)25-23(24-17)30-13-16-15(4)22(27-7)14(3)10-19(16)26(5)6/h10-12H,8-9,13H2,1-7H3,(H,24,25). The van der Waals surface area contributed by atoms with E-state index in [0.717, 1.165) is 44.8 Å². The molecule has 7 heteroatoms. The summed E-state index contributed by atoms with van der Waals surface area (Å²) in [6.45, 7) is 9.31. The molecular formula is C23H31N3O3S. The number of ether oxygens (including phenoxy) is 3. The van der Waals surface area contributed by atoms with Crippen molar-refractivity contribution >= 4 is 28.5 Å². The molecule has 6 nitrogen and oxygen atoms in total. The second-order valence-corrected chi connectivity index (χ2v) is 8.22.